The number of rotatable bonds is 8. The minimum atomic E-state index is -4.42. The molecule has 5 nitrogen and oxygen atoms in total. The molecule has 37 heavy (non-hydrogen) atoms. The summed E-state index contributed by atoms with van der Waals surface area (Å²) in [5.41, 5.74) is 2.45. The van der Waals surface area contributed by atoms with Crippen molar-refractivity contribution in [2.75, 3.05) is 18.4 Å². The molecule has 2 atom stereocenters. The number of halogens is 3. The standard InChI is InChI=1S/C28H26F3N5S/c29-28(30,31)20-9-6-12-22(19-20)35-17-7-14-24(35)26-25(23-13-4-5-15-33-23)34-27(37)36(26)18-8-16-32-21-10-2-1-3-11-21/h1-7,9-15,17,19,25-26,32H,8,16,18H2,(H,34,37)/t25-,26-/m0/s1. The van der Waals surface area contributed by atoms with Crippen molar-refractivity contribution < 1.29 is 13.2 Å². The maximum absolute atomic E-state index is 13.4. The Hall–Kier alpha value is -3.85. The lowest BCUT2D eigenvalue weighted by molar-refractivity contribution is -0.137. The van der Waals surface area contributed by atoms with Gasteiger partial charge in [0.15, 0.2) is 5.11 Å². The van der Waals surface area contributed by atoms with Crippen molar-refractivity contribution >= 4 is 23.0 Å². The van der Waals surface area contributed by atoms with Gasteiger partial charge in [-0.25, -0.2) is 0 Å². The van der Waals surface area contributed by atoms with Gasteiger partial charge in [0.1, 0.15) is 0 Å². The summed E-state index contributed by atoms with van der Waals surface area (Å²) in [6, 6.07) is 24.3. The first-order valence-electron chi connectivity index (χ1n) is 12.0. The van der Waals surface area contributed by atoms with Crippen molar-refractivity contribution in [3.8, 4) is 5.69 Å². The zero-order valence-electron chi connectivity index (χ0n) is 19.9. The van der Waals surface area contributed by atoms with Crippen molar-refractivity contribution in [1.82, 2.24) is 19.8 Å². The average Bonchev–Trinajstić information content (AvgIpc) is 3.52. The maximum atomic E-state index is 13.4. The van der Waals surface area contributed by atoms with Gasteiger partial charge in [-0.15, -0.1) is 0 Å². The largest absolute Gasteiger partial charge is 0.416 e. The molecule has 1 aliphatic heterocycles. The molecule has 1 aliphatic rings. The fourth-order valence-corrected chi connectivity index (χ4v) is 5.04. The van der Waals surface area contributed by atoms with E-state index in [4.69, 9.17) is 12.2 Å². The Morgan fingerprint density at radius 2 is 1.76 bits per heavy atom. The van der Waals surface area contributed by atoms with Gasteiger partial charge in [0.2, 0.25) is 0 Å². The summed E-state index contributed by atoms with van der Waals surface area (Å²) in [4.78, 5) is 6.67. The van der Waals surface area contributed by atoms with Crippen molar-refractivity contribution in [3.63, 3.8) is 0 Å². The van der Waals surface area contributed by atoms with E-state index in [2.05, 4.69) is 20.5 Å². The second-order valence-electron chi connectivity index (χ2n) is 8.82. The molecule has 1 fully saturated rings. The van der Waals surface area contributed by atoms with Gasteiger partial charge in [0, 0.05) is 42.6 Å². The van der Waals surface area contributed by atoms with Gasteiger partial charge in [-0.1, -0.05) is 30.3 Å². The first-order valence-corrected chi connectivity index (χ1v) is 12.4. The number of hydrogen-bond acceptors (Lipinski definition) is 3. The molecular weight excluding hydrogens is 495 g/mol. The fourth-order valence-electron chi connectivity index (χ4n) is 4.71. The minimum Gasteiger partial charge on any atom is -0.385 e. The van der Waals surface area contributed by atoms with Gasteiger partial charge in [0.25, 0.3) is 0 Å². The lowest BCUT2D eigenvalue weighted by Gasteiger charge is -2.29. The monoisotopic (exact) mass is 521 g/mol. The number of thiocarbonyl (C=S) groups is 1. The van der Waals surface area contributed by atoms with E-state index >= 15 is 0 Å². The highest BCUT2D eigenvalue weighted by molar-refractivity contribution is 7.80. The van der Waals surface area contributed by atoms with Crippen LogP contribution in [0.4, 0.5) is 18.9 Å². The van der Waals surface area contributed by atoms with E-state index in [0.29, 0.717) is 17.3 Å². The SMILES string of the molecule is FC(F)(F)c1cccc(-n2cccc2[C@H]2[C@H](c3ccccn3)NC(=S)N2CCCNc2ccccc2)c1. The molecule has 0 saturated carbocycles. The van der Waals surface area contributed by atoms with Gasteiger partial charge in [-0.05, 0) is 73.2 Å². The lowest BCUT2D eigenvalue weighted by Crippen LogP contribution is -2.32. The van der Waals surface area contributed by atoms with Crippen molar-refractivity contribution in [1.29, 1.82) is 0 Å². The van der Waals surface area contributed by atoms with Crippen LogP contribution in [0.3, 0.4) is 0 Å². The van der Waals surface area contributed by atoms with Gasteiger partial charge in [-0.2, -0.15) is 13.2 Å². The van der Waals surface area contributed by atoms with Crippen LogP contribution in [0, 0.1) is 0 Å². The normalized spacial score (nSPS) is 17.6. The van der Waals surface area contributed by atoms with Gasteiger partial charge < -0.3 is 20.1 Å². The van der Waals surface area contributed by atoms with Crippen molar-refractivity contribution in [2.24, 2.45) is 0 Å². The molecule has 5 rings (SSSR count). The number of nitrogens with one attached hydrogen (secondary N) is 2. The summed E-state index contributed by atoms with van der Waals surface area (Å²) < 4.78 is 42.1. The maximum Gasteiger partial charge on any atom is 0.416 e. The van der Waals surface area contributed by atoms with Crippen LogP contribution in [-0.2, 0) is 6.18 Å². The Balaban J connectivity index is 1.45. The molecule has 4 aromatic rings. The number of para-hydroxylation sites is 1. The molecule has 0 bridgehead atoms. The highest BCUT2D eigenvalue weighted by Gasteiger charge is 2.41. The molecule has 2 N–H and O–H groups in total. The number of anilines is 1. The number of alkyl halides is 3. The highest BCUT2D eigenvalue weighted by Crippen LogP contribution is 2.40. The molecule has 9 heteroatoms. The Kier molecular flexibility index (Phi) is 7.14. The third-order valence-electron chi connectivity index (χ3n) is 6.41. The van der Waals surface area contributed by atoms with E-state index in [1.54, 1.807) is 23.0 Å². The van der Waals surface area contributed by atoms with Crippen LogP contribution in [0.15, 0.2) is 97.3 Å². The Morgan fingerprint density at radius 3 is 2.51 bits per heavy atom. The number of aromatic nitrogens is 2. The second kappa shape index (κ2) is 10.6. The van der Waals surface area contributed by atoms with E-state index in [1.807, 2.05) is 60.7 Å². The van der Waals surface area contributed by atoms with Crippen LogP contribution >= 0.6 is 12.2 Å². The molecule has 0 radical (unpaired) electrons. The molecule has 2 aromatic carbocycles. The first kappa shape index (κ1) is 24.8. The predicted octanol–water partition coefficient (Wildman–Crippen LogP) is 6.37. The number of nitrogens with zero attached hydrogens (tertiary/aromatic N) is 3. The second-order valence-corrected chi connectivity index (χ2v) is 9.20. The van der Waals surface area contributed by atoms with Crippen LogP contribution in [0.2, 0.25) is 0 Å². The van der Waals surface area contributed by atoms with Gasteiger partial charge in [0.05, 0.1) is 23.3 Å². The average molecular weight is 522 g/mol. The topological polar surface area (TPSA) is 45.1 Å². The summed E-state index contributed by atoms with van der Waals surface area (Å²) in [5, 5.41) is 7.43. The van der Waals surface area contributed by atoms with Gasteiger partial charge in [-0.3, -0.25) is 4.98 Å². The van der Waals surface area contributed by atoms with Crippen LogP contribution in [-0.4, -0.2) is 32.7 Å². The minimum absolute atomic E-state index is 0.254. The van der Waals surface area contributed by atoms with Crippen LogP contribution in [0.5, 0.6) is 0 Å². The van der Waals surface area contributed by atoms with E-state index in [1.165, 1.54) is 12.1 Å². The van der Waals surface area contributed by atoms with Crippen LogP contribution in [0.25, 0.3) is 5.69 Å². The summed E-state index contributed by atoms with van der Waals surface area (Å²) >= 11 is 5.75. The molecule has 2 aromatic heterocycles. The van der Waals surface area contributed by atoms with E-state index < -0.39 is 11.7 Å². The molecule has 0 unspecified atom stereocenters. The molecule has 0 amide bonds. The number of hydrogen-bond donors (Lipinski definition) is 2. The molecule has 0 aliphatic carbocycles. The number of pyridine rings is 1. The molecular formula is C28H26F3N5S. The first-order chi connectivity index (χ1) is 17.9. The summed E-state index contributed by atoms with van der Waals surface area (Å²) in [6.45, 7) is 1.41. The molecule has 0 spiro atoms. The highest BCUT2D eigenvalue weighted by atomic mass is 32.1. The molecule has 190 valence electrons. The smallest absolute Gasteiger partial charge is 0.385 e. The third-order valence-corrected chi connectivity index (χ3v) is 6.76. The lowest BCUT2D eigenvalue weighted by atomic mass is 10.0. The zero-order valence-corrected chi connectivity index (χ0v) is 20.7. The van der Waals surface area contributed by atoms with E-state index in [0.717, 1.165) is 36.1 Å². The van der Waals surface area contributed by atoms with Crippen molar-refractivity contribution in [2.45, 2.75) is 24.7 Å². The predicted molar refractivity (Wildman–Crippen MR) is 142 cm³/mol. The Bertz CT molecular complexity index is 1340. The zero-order chi connectivity index (χ0) is 25.8. The third kappa shape index (κ3) is 5.46. The van der Waals surface area contributed by atoms with Crippen LogP contribution in [0.1, 0.15) is 35.5 Å². The van der Waals surface area contributed by atoms with E-state index in [-0.39, 0.29) is 12.1 Å². The fraction of sp³-hybridized carbons (Fsp3) is 0.214. The van der Waals surface area contributed by atoms with Gasteiger partial charge >= 0.3 is 6.18 Å². The van der Waals surface area contributed by atoms with E-state index in [9.17, 15) is 13.2 Å². The molecule has 3 heterocycles. The quantitative estimate of drug-likeness (QED) is 0.209. The van der Waals surface area contributed by atoms with Crippen molar-refractivity contribution in [3.05, 3.63) is 114 Å². The summed E-state index contributed by atoms with van der Waals surface area (Å²) in [5.74, 6) is 0. The summed E-state index contributed by atoms with van der Waals surface area (Å²) in [7, 11) is 0. The summed E-state index contributed by atoms with van der Waals surface area (Å²) in [6.07, 6.45) is -0.0905. The Morgan fingerprint density at radius 1 is 0.946 bits per heavy atom. The van der Waals surface area contributed by atoms with Crippen LogP contribution < -0.4 is 10.6 Å². The number of benzene rings is 2. The molecule has 1 saturated heterocycles. The Labute approximate surface area is 219 Å².